The minimum absolute atomic E-state index is 0.662. The van der Waals surface area contributed by atoms with Crippen LogP contribution in [0.5, 0.6) is 5.75 Å². The molecule has 1 rings (SSSR count). The molecule has 2 nitrogen and oxygen atoms in total. The third-order valence-corrected chi connectivity index (χ3v) is 3.39. The van der Waals surface area contributed by atoms with E-state index >= 15 is 0 Å². The van der Waals surface area contributed by atoms with Crippen LogP contribution in [0.15, 0.2) is 22.7 Å². The lowest BCUT2D eigenvalue weighted by molar-refractivity contribution is 0.192. The molecular weight excluding hydrogens is 327 g/mol. The molecule has 0 aliphatic heterocycles. The van der Waals surface area contributed by atoms with Gasteiger partial charge in [-0.15, -0.1) is 23.2 Å². The van der Waals surface area contributed by atoms with Crippen molar-refractivity contribution in [2.45, 2.75) is 30.7 Å². The lowest BCUT2D eigenvalue weighted by atomic mass is 10.1. The highest BCUT2D eigenvalue weighted by Gasteiger charge is 2.16. The Hall–Kier alpha value is 0.0400. The van der Waals surface area contributed by atoms with Crippen LogP contribution in [0.3, 0.4) is 0 Å². The average Bonchev–Trinajstić information content (AvgIpc) is 2.30. The highest BCUT2D eigenvalue weighted by molar-refractivity contribution is 9.10. The van der Waals surface area contributed by atoms with E-state index in [1.54, 1.807) is 18.2 Å². The molecule has 0 amide bonds. The van der Waals surface area contributed by atoms with Crippen molar-refractivity contribution in [2.75, 3.05) is 6.61 Å². The summed E-state index contributed by atoms with van der Waals surface area (Å²) in [5.41, 5.74) is 0.662. The van der Waals surface area contributed by atoms with Crippen molar-refractivity contribution in [3.05, 3.63) is 28.2 Å². The summed E-state index contributed by atoms with van der Waals surface area (Å²) in [4.78, 5) is -0.839. The fourth-order valence-electron chi connectivity index (χ4n) is 1.29. The summed E-state index contributed by atoms with van der Waals surface area (Å²) in [5.74, 6) is 0.759. The molecule has 0 aliphatic carbocycles. The van der Waals surface area contributed by atoms with Gasteiger partial charge < -0.3 is 9.84 Å². The van der Waals surface area contributed by atoms with E-state index < -0.39 is 10.9 Å². The van der Waals surface area contributed by atoms with Crippen LogP contribution in [-0.2, 0) is 0 Å². The van der Waals surface area contributed by atoms with E-state index in [0.717, 1.165) is 23.1 Å². The van der Waals surface area contributed by atoms with Crippen molar-refractivity contribution >= 4 is 39.1 Å². The summed E-state index contributed by atoms with van der Waals surface area (Å²) < 4.78 is 6.37. The molecule has 5 heteroatoms. The first-order chi connectivity index (χ1) is 8.06. The van der Waals surface area contributed by atoms with Crippen LogP contribution in [0.1, 0.15) is 31.4 Å². The van der Waals surface area contributed by atoms with Crippen LogP contribution in [-0.4, -0.2) is 16.5 Å². The molecule has 1 aromatic rings. The number of hydrogen-bond donors (Lipinski definition) is 1. The monoisotopic (exact) mass is 340 g/mol. The normalized spacial score (nSPS) is 12.8. The smallest absolute Gasteiger partial charge is 0.137 e. The molecule has 1 aromatic carbocycles. The van der Waals surface area contributed by atoms with Gasteiger partial charge in [-0.3, -0.25) is 0 Å². The Labute approximate surface area is 120 Å². The summed E-state index contributed by atoms with van der Waals surface area (Å²) in [5, 5.41) is 9.70. The predicted molar refractivity (Wildman–Crippen MR) is 75.0 cm³/mol. The van der Waals surface area contributed by atoms with Crippen molar-refractivity contribution in [3.8, 4) is 5.75 Å². The quantitative estimate of drug-likeness (QED) is 0.611. The number of aliphatic hydroxyl groups excluding tert-OH is 1. The SMILES string of the molecule is CCCCOc1ccc(C(O)C(Cl)Cl)cc1Br. The topological polar surface area (TPSA) is 29.5 Å². The molecule has 0 heterocycles. The standard InChI is InChI=1S/C12H15BrCl2O2/c1-2-3-6-17-10-5-4-8(7-9(10)13)11(16)12(14)15/h4-5,7,11-12,16H,2-3,6H2,1H3. The zero-order valence-corrected chi connectivity index (χ0v) is 12.6. The zero-order valence-electron chi connectivity index (χ0n) is 9.50. The summed E-state index contributed by atoms with van der Waals surface area (Å²) in [6.07, 6.45) is 1.22. The molecule has 96 valence electrons. The molecule has 0 spiro atoms. The molecule has 0 saturated carbocycles. The Balaban J connectivity index is 2.72. The molecule has 1 N–H and O–H groups in total. The maximum Gasteiger partial charge on any atom is 0.137 e. The molecule has 1 atom stereocenters. The number of halogens is 3. The number of unbranched alkanes of at least 4 members (excludes halogenated alkanes) is 1. The van der Waals surface area contributed by atoms with Gasteiger partial charge in [-0.1, -0.05) is 19.4 Å². The second-order valence-electron chi connectivity index (χ2n) is 3.67. The lowest BCUT2D eigenvalue weighted by Gasteiger charge is -2.14. The van der Waals surface area contributed by atoms with E-state index in [4.69, 9.17) is 27.9 Å². The van der Waals surface area contributed by atoms with Crippen molar-refractivity contribution in [2.24, 2.45) is 0 Å². The van der Waals surface area contributed by atoms with Gasteiger partial charge in [0, 0.05) is 0 Å². The van der Waals surface area contributed by atoms with Crippen LogP contribution in [0.4, 0.5) is 0 Å². The minimum atomic E-state index is -0.890. The number of benzene rings is 1. The number of ether oxygens (including phenoxy) is 1. The molecule has 0 bridgehead atoms. The Morgan fingerprint density at radius 3 is 2.65 bits per heavy atom. The lowest BCUT2D eigenvalue weighted by Crippen LogP contribution is -2.06. The van der Waals surface area contributed by atoms with E-state index in [2.05, 4.69) is 22.9 Å². The van der Waals surface area contributed by atoms with E-state index in [-0.39, 0.29) is 0 Å². The fraction of sp³-hybridized carbons (Fsp3) is 0.500. The number of alkyl halides is 2. The first-order valence-corrected chi connectivity index (χ1v) is 7.11. The van der Waals surface area contributed by atoms with Gasteiger partial charge in [0.1, 0.15) is 16.7 Å². The molecule has 1 unspecified atom stereocenters. The van der Waals surface area contributed by atoms with E-state index in [9.17, 15) is 5.11 Å². The molecular formula is C12H15BrCl2O2. The molecule has 0 aliphatic rings. The van der Waals surface area contributed by atoms with Gasteiger partial charge in [0.2, 0.25) is 0 Å². The summed E-state index contributed by atoms with van der Waals surface area (Å²) in [6.45, 7) is 2.80. The molecule has 17 heavy (non-hydrogen) atoms. The predicted octanol–water partition coefficient (Wildman–Crippen LogP) is 4.47. The van der Waals surface area contributed by atoms with Gasteiger partial charge in [-0.25, -0.2) is 0 Å². The van der Waals surface area contributed by atoms with Crippen molar-refractivity contribution in [1.29, 1.82) is 0 Å². The molecule has 0 saturated heterocycles. The van der Waals surface area contributed by atoms with Crippen LogP contribution in [0.2, 0.25) is 0 Å². The number of hydrogen-bond acceptors (Lipinski definition) is 2. The van der Waals surface area contributed by atoms with Crippen molar-refractivity contribution < 1.29 is 9.84 Å². The third-order valence-electron chi connectivity index (χ3n) is 2.29. The highest BCUT2D eigenvalue weighted by atomic mass is 79.9. The van der Waals surface area contributed by atoms with E-state index in [0.29, 0.717) is 12.2 Å². The summed E-state index contributed by atoms with van der Waals surface area (Å²) in [6, 6.07) is 5.33. The van der Waals surface area contributed by atoms with Gasteiger partial charge in [0.25, 0.3) is 0 Å². The van der Waals surface area contributed by atoms with Crippen LogP contribution >= 0.6 is 39.1 Å². The summed E-state index contributed by atoms with van der Waals surface area (Å²) in [7, 11) is 0. The first kappa shape index (κ1) is 15.1. The van der Waals surface area contributed by atoms with Gasteiger partial charge in [0.15, 0.2) is 0 Å². The zero-order chi connectivity index (χ0) is 12.8. The average molecular weight is 342 g/mol. The maximum absolute atomic E-state index is 9.70. The Bertz CT molecular complexity index is 358. The van der Waals surface area contributed by atoms with Gasteiger partial charge in [-0.2, -0.15) is 0 Å². The first-order valence-electron chi connectivity index (χ1n) is 5.44. The van der Waals surface area contributed by atoms with Crippen molar-refractivity contribution in [3.63, 3.8) is 0 Å². The maximum atomic E-state index is 9.70. The van der Waals surface area contributed by atoms with E-state index in [1.165, 1.54) is 0 Å². The Morgan fingerprint density at radius 2 is 2.12 bits per heavy atom. The van der Waals surface area contributed by atoms with Crippen LogP contribution in [0.25, 0.3) is 0 Å². The minimum Gasteiger partial charge on any atom is -0.492 e. The van der Waals surface area contributed by atoms with Gasteiger partial charge in [-0.05, 0) is 40.0 Å². The molecule has 0 fully saturated rings. The van der Waals surface area contributed by atoms with Crippen molar-refractivity contribution in [1.82, 2.24) is 0 Å². The number of rotatable bonds is 6. The van der Waals surface area contributed by atoms with Crippen LogP contribution < -0.4 is 4.74 Å². The largest absolute Gasteiger partial charge is 0.492 e. The fourth-order valence-corrected chi connectivity index (χ4v) is 2.09. The Morgan fingerprint density at radius 1 is 1.41 bits per heavy atom. The van der Waals surface area contributed by atoms with E-state index in [1.807, 2.05) is 0 Å². The molecule has 0 aromatic heterocycles. The summed E-state index contributed by atoms with van der Waals surface area (Å²) >= 11 is 14.6. The van der Waals surface area contributed by atoms with Gasteiger partial charge in [0.05, 0.1) is 11.1 Å². The Kier molecular flexibility index (Phi) is 6.63. The molecule has 0 radical (unpaired) electrons. The van der Waals surface area contributed by atoms with Crippen LogP contribution in [0, 0.1) is 0 Å². The van der Waals surface area contributed by atoms with Gasteiger partial charge >= 0.3 is 0 Å². The highest BCUT2D eigenvalue weighted by Crippen LogP contribution is 2.31. The third kappa shape index (κ3) is 4.66. The second-order valence-corrected chi connectivity index (χ2v) is 5.69. The second kappa shape index (κ2) is 7.47. The number of aliphatic hydroxyl groups is 1.